The molecule has 0 saturated carbocycles. The first-order chi connectivity index (χ1) is 9.41. The van der Waals surface area contributed by atoms with E-state index in [-0.39, 0.29) is 11.3 Å². The number of aromatic nitrogens is 1. The van der Waals surface area contributed by atoms with Crippen molar-refractivity contribution >= 4 is 27.5 Å². The highest BCUT2D eigenvalue weighted by atomic mass is 79.9. The van der Waals surface area contributed by atoms with E-state index in [4.69, 9.17) is 0 Å². The summed E-state index contributed by atoms with van der Waals surface area (Å²) >= 11 is 3.37. The minimum absolute atomic E-state index is 0.0646. The fourth-order valence-electron chi connectivity index (χ4n) is 2.57. The van der Waals surface area contributed by atoms with Gasteiger partial charge in [-0.2, -0.15) is 0 Å². The van der Waals surface area contributed by atoms with E-state index in [1.54, 1.807) is 6.20 Å². The molecule has 1 atom stereocenters. The van der Waals surface area contributed by atoms with Gasteiger partial charge in [-0.25, -0.2) is 4.98 Å². The Morgan fingerprint density at radius 3 is 2.90 bits per heavy atom. The van der Waals surface area contributed by atoms with Crippen molar-refractivity contribution in [2.75, 3.05) is 18.4 Å². The predicted molar refractivity (Wildman–Crippen MR) is 84.7 cm³/mol. The number of nitrogens with zero attached hydrogens (tertiary/aromatic N) is 1. The summed E-state index contributed by atoms with van der Waals surface area (Å²) in [5, 5.41) is 6.38. The standard InChI is InChI=1S/C15H22BrN3O/c1-10-7-12(9-18-13(10)16)19-14(20)15(2,3)11-5-4-6-17-8-11/h7,9,11,17H,4-6,8H2,1-3H3,(H,19,20). The van der Waals surface area contributed by atoms with E-state index < -0.39 is 0 Å². The molecular formula is C15H22BrN3O. The van der Waals surface area contributed by atoms with Gasteiger partial charge in [0.05, 0.1) is 11.9 Å². The van der Waals surface area contributed by atoms with E-state index in [2.05, 4.69) is 31.5 Å². The van der Waals surface area contributed by atoms with Gasteiger partial charge < -0.3 is 10.6 Å². The van der Waals surface area contributed by atoms with Crippen molar-refractivity contribution in [1.82, 2.24) is 10.3 Å². The normalized spacial score (nSPS) is 19.7. The van der Waals surface area contributed by atoms with Crippen LogP contribution in [0.3, 0.4) is 0 Å². The average Bonchev–Trinajstić information content (AvgIpc) is 2.44. The van der Waals surface area contributed by atoms with Gasteiger partial charge in [-0.05, 0) is 66.3 Å². The molecule has 1 aromatic heterocycles. The molecule has 1 aliphatic rings. The van der Waals surface area contributed by atoms with Gasteiger partial charge in [-0.1, -0.05) is 13.8 Å². The highest BCUT2D eigenvalue weighted by Gasteiger charge is 2.37. The maximum Gasteiger partial charge on any atom is 0.230 e. The van der Waals surface area contributed by atoms with Crippen molar-refractivity contribution in [2.45, 2.75) is 33.6 Å². The smallest absolute Gasteiger partial charge is 0.230 e. The molecule has 1 aliphatic heterocycles. The van der Waals surface area contributed by atoms with Gasteiger partial charge in [0.15, 0.2) is 0 Å². The fraction of sp³-hybridized carbons (Fsp3) is 0.600. The number of hydrogen-bond donors (Lipinski definition) is 2. The Kier molecular flexibility index (Phi) is 4.81. The number of nitrogens with one attached hydrogen (secondary N) is 2. The molecule has 1 saturated heterocycles. The number of hydrogen-bond acceptors (Lipinski definition) is 3. The van der Waals surface area contributed by atoms with Gasteiger partial charge in [0.1, 0.15) is 4.60 Å². The summed E-state index contributed by atoms with van der Waals surface area (Å²) in [6, 6.07) is 1.93. The Balaban J connectivity index is 2.07. The summed E-state index contributed by atoms with van der Waals surface area (Å²) < 4.78 is 0.811. The van der Waals surface area contributed by atoms with Gasteiger partial charge in [-0.15, -0.1) is 0 Å². The van der Waals surface area contributed by atoms with Crippen molar-refractivity contribution in [3.05, 3.63) is 22.4 Å². The molecule has 0 aromatic carbocycles. The number of anilines is 1. The topological polar surface area (TPSA) is 54.0 Å². The number of amides is 1. The molecule has 2 rings (SSSR count). The fourth-order valence-corrected chi connectivity index (χ4v) is 2.79. The van der Waals surface area contributed by atoms with Crippen LogP contribution in [0.2, 0.25) is 0 Å². The molecule has 110 valence electrons. The lowest BCUT2D eigenvalue weighted by atomic mass is 9.74. The summed E-state index contributed by atoms with van der Waals surface area (Å²) in [5.41, 5.74) is 1.39. The maximum atomic E-state index is 12.6. The van der Waals surface area contributed by atoms with Crippen LogP contribution in [0.15, 0.2) is 16.9 Å². The van der Waals surface area contributed by atoms with Crippen LogP contribution in [0.1, 0.15) is 32.3 Å². The quantitative estimate of drug-likeness (QED) is 0.832. The second-order valence-corrected chi connectivity index (χ2v) is 6.80. The van der Waals surface area contributed by atoms with E-state index in [1.165, 1.54) is 0 Å². The van der Waals surface area contributed by atoms with Crippen molar-refractivity contribution in [1.29, 1.82) is 0 Å². The van der Waals surface area contributed by atoms with Gasteiger partial charge in [-0.3, -0.25) is 4.79 Å². The first-order valence-electron chi connectivity index (χ1n) is 7.05. The first kappa shape index (κ1) is 15.4. The van der Waals surface area contributed by atoms with Gasteiger partial charge in [0, 0.05) is 5.41 Å². The third-order valence-electron chi connectivity index (χ3n) is 4.17. The minimum atomic E-state index is -0.381. The Morgan fingerprint density at radius 2 is 2.30 bits per heavy atom. The molecule has 20 heavy (non-hydrogen) atoms. The van der Waals surface area contributed by atoms with Crippen LogP contribution in [-0.4, -0.2) is 24.0 Å². The van der Waals surface area contributed by atoms with Crippen molar-refractivity contribution in [2.24, 2.45) is 11.3 Å². The predicted octanol–water partition coefficient (Wildman–Crippen LogP) is 3.12. The molecule has 2 N–H and O–H groups in total. The molecular weight excluding hydrogens is 318 g/mol. The summed E-state index contributed by atoms with van der Waals surface area (Å²) in [5.74, 6) is 0.440. The summed E-state index contributed by atoms with van der Waals surface area (Å²) in [6.45, 7) is 7.99. The van der Waals surface area contributed by atoms with Gasteiger partial charge in [0.2, 0.25) is 5.91 Å². The molecule has 1 aromatic rings. The van der Waals surface area contributed by atoms with E-state index >= 15 is 0 Å². The van der Waals surface area contributed by atoms with Crippen LogP contribution in [0.5, 0.6) is 0 Å². The number of carbonyl (C=O) groups is 1. The van der Waals surface area contributed by atoms with Crippen LogP contribution in [0.4, 0.5) is 5.69 Å². The number of carbonyl (C=O) groups excluding carboxylic acids is 1. The second kappa shape index (κ2) is 6.22. The Hall–Kier alpha value is -0.940. The zero-order valence-corrected chi connectivity index (χ0v) is 13.9. The summed E-state index contributed by atoms with van der Waals surface area (Å²) in [6.07, 6.45) is 3.93. The second-order valence-electron chi connectivity index (χ2n) is 6.05. The molecule has 0 aliphatic carbocycles. The highest BCUT2D eigenvalue weighted by molar-refractivity contribution is 9.10. The minimum Gasteiger partial charge on any atom is -0.324 e. The molecule has 1 fully saturated rings. The lowest BCUT2D eigenvalue weighted by Gasteiger charge is -2.36. The molecule has 0 bridgehead atoms. The molecule has 0 spiro atoms. The van der Waals surface area contributed by atoms with Crippen molar-refractivity contribution < 1.29 is 4.79 Å². The lowest BCUT2D eigenvalue weighted by molar-refractivity contribution is -0.127. The summed E-state index contributed by atoms with van der Waals surface area (Å²) in [4.78, 5) is 16.8. The number of piperidine rings is 1. The van der Waals surface area contributed by atoms with Crippen LogP contribution in [0.25, 0.3) is 0 Å². The van der Waals surface area contributed by atoms with Crippen LogP contribution in [-0.2, 0) is 4.79 Å². The Morgan fingerprint density at radius 1 is 1.55 bits per heavy atom. The average molecular weight is 340 g/mol. The monoisotopic (exact) mass is 339 g/mol. The number of pyridine rings is 1. The largest absolute Gasteiger partial charge is 0.324 e. The third-order valence-corrected chi connectivity index (χ3v) is 5.01. The molecule has 2 heterocycles. The van der Waals surface area contributed by atoms with E-state index in [1.807, 2.05) is 26.8 Å². The van der Waals surface area contributed by atoms with Crippen molar-refractivity contribution in [3.63, 3.8) is 0 Å². The maximum absolute atomic E-state index is 12.6. The van der Waals surface area contributed by atoms with Crippen LogP contribution < -0.4 is 10.6 Å². The first-order valence-corrected chi connectivity index (χ1v) is 7.85. The van der Waals surface area contributed by atoms with Crippen molar-refractivity contribution in [3.8, 4) is 0 Å². The van der Waals surface area contributed by atoms with E-state index in [0.29, 0.717) is 5.92 Å². The van der Waals surface area contributed by atoms with Crippen LogP contribution in [0, 0.1) is 18.3 Å². The molecule has 4 nitrogen and oxygen atoms in total. The lowest BCUT2D eigenvalue weighted by Crippen LogP contribution is -2.44. The zero-order valence-electron chi connectivity index (χ0n) is 12.3. The molecule has 0 radical (unpaired) electrons. The summed E-state index contributed by atoms with van der Waals surface area (Å²) in [7, 11) is 0. The Bertz CT molecular complexity index is 496. The highest BCUT2D eigenvalue weighted by Crippen LogP contribution is 2.33. The van der Waals surface area contributed by atoms with E-state index in [9.17, 15) is 4.79 Å². The van der Waals surface area contributed by atoms with E-state index in [0.717, 1.165) is 41.8 Å². The number of rotatable bonds is 3. The third kappa shape index (κ3) is 3.38. The SMILES string of the molecule is Cc1cc(NC(=O)C(C)(C)C2CCCNC2)cnc1Br. The molecule has 1 amide bonds. The molecule has 5 heteroatoms. The van der Waals surface area contributed by atoms with Gasteiger partial charge >= 0.3 is 0 Å². The molecule has 1 unspecified atom stereocenters. The number of halogens is 1. The Labute approximate surface area is 128 Å². The zero-order chi connectivity index (χ0) is 14.8. The van der Waals surface area contributed by atoms with Crippen LogP contribution >= 0.6 is 15.9 Å². The number of aryl methyl sites for hydroxylation is 1. The van der Waals surface area contributed by atoms with Gasteiger partial charge in [0.25, 0.3) is 0 Å².